The third-order valence-electron chi connectivity index (χ3n) is 8.93. The molecule has 0 spiro atoms. The first kappa shape index (κ1) is 23.6. The summed E-state index contributed by atoms with van der Waals surface area (Å²) in [6.07, 6.45) is 0. The summed E-state index contributed by atoms with van der Waals surface area (Å²) in [7, 11) is 0. The molecular weight excluding hydrogens is 538 g/mol. The third kappa shape index (κ3) is 3.28. The number of hydrogen-bond acceptors (Lipinski definition) is 4. The van der Waals surface area contributed by atoms with E-state index < -0.39 is 0 Å². The van der Waals surface area contributed by atoms with Gasteiger partial charge in [0.2, 0.25) is 0 Å². The summed E-state index contributed by atoms with van der Waals surface area (Å²) >= 11 is 0. The number of aromatic nitrogens is 2. The lowest BCUT2D eigenvalue weighted by atomic mass is 9.89. The van der Waals surface area contributed by atoms with Crippen LogP contribution < -0.4 is 4.90 Å². The molecule has 4 nitrogen and oxygen atoms in total. The number of furan rings is 1. The molecule has 7 aromatic carbocycles. The van der Waals surface area contributed by atoms with Crippen molar-refractivity contribution >= 4 is 71.7 Å². The highest BCUT2D eigenvalue weighted by Crippen LogP contribution is 2.53. The highest BCUT2D eigenvalue weighted by Gasteiger charge is 2.30. The Balaban J connectivity index is 1.32. The van der Waals surface area contributed by atoms with Gasteiger partial charge in [0.25, 0.3) is 0 Å². The van der Waals surface area contributed by atoms with Crippen LogP contribution in [-0.4, -0.2) is 9.97 Å². The first-order valence-electron chi connectivity index (χ1n) is 14.8. The molecule has 4 heteroatoms. The van der Waals surface area contributed by atoms with Gasteiger partial charge in [-0.15, -0.1) is 0 Å². The zero-order valence-corrected chi connectivity index (χ0v) is 23.5. The van der Waals surface area contributed by atoms with Crippen molar-refractivity contribution in [3.8, 4) is 22.4 Å². The second-order valence-electron chi connectivity index (χ2n) is 11.4. The van der Waals surface area contributed by atoms with Crippen LogP contribution in [0.15, 0.2) is 144 Å². The van der Waals surface area contributed by atoms with Crippen LogP contribution in [0.5, 0.6) is 0 Å². The van der Waals surface area contributed by atoms with E-state index in [4.69, 9.17) is 14.4 Å². The van der Waals surface area contributed by atoms with Crippen LogP contribution in [0.3, 0.4) is 0 Å². The molecule has 2 aromatic heterocycles. The van der Waals surface area contributed by atoms with Crippen LogP contribution in [0.4, 0.5) is 17.2 Å². The zero-order valence-electron chi connectivity index (χ0n) is 23.5. The van der Waals surface area contributed by atoms with Gasteiger partial charge < -0.3 is 4.42 Å². The summed E-state index contributed by atoms with van der Waals surface area (Å²) in [5.41, 5.74) is 9.78. The Hall–Kier alpha value is -6.00. The Labute approximate surface area is 252 Å². The second-order valence-corrected chi connectivity index (χ2v) is 11.4. The molecule has 3 heterocycles. The van der Waals surface area contributed by atoms with Gasteiger partial charge in [0, 0.05) is 27.3 Å². The lowest BCUT2D eigenvalue weighted by molar-refractivity contribution is 0.669. The van der Waals surface area contributed by atoms with Crippen LogP contribution in [0.1, 0.15) is 0 Å². The van der Waals surface area contributed by atoms with Crippen LogP contribution in [0, 0.1) is 0 Å². The van der Waals surface area contributed by atoms with Gasteiger partial charge >= 0.3 is 0 Å². The summed E-state index contributed by atoms with van der Waals surface area (Å²) in [6.45, 7) is 0. The largest absolute Gasteiger partial charge is 0.456 e. The number of fused-ring (bicyclic) bond motifs is 7. The Bertz CT molecular complexity index is 2630. The number of hydrogen-bond donors (Lipinski definition) is 0. The van der Waals surface area contributed by atoms with Gasteiger partial charge in [0.05, 0.1) is 22.4 Å². The molecule has 0 bridgehead atoms. The molecule has 0 fully saturated rings. The van der Waals surface area contributed by atoms with E-state index in [-0.39, 0.29) is 0 Å². The minimum absolute atomic E-state index is 0.790. The van der Waals surface area contributed by atoms with Gasteiger partial charge in [-0.2, -0.15) is 0 Å². The molecule has 10 rings (SSSR count). The van der Waals surface area contributed by atoms with Crippen LogP contribution >= 0.6 is 0 Å². The van der Waals surface area contributed by atoms with Crippen LogP contribution in [0.25, 0.3) is 76.9 Å². The standard InChI is InChI=1S/C40H23N3O/c1-2-10-26-22-35-31(21-25(26)9-1)30-14-7-11-24-12-8-17-34(38(24)30)43(35)40-39(41-32-15-4-5-16-33(32)42-40)27-19-20-29-28-13-3-6-18-36(28)44-37(29)23-27/h1-23H. The number of rotatable bonds is 2. The normalized spacial score (nSPS) is 12.5. The molecule has 0 saturated carbocycles. The van der Waals surface area contributed by atoms with E-state index >= 15 is 0 Å². The molecule has 0 aliphatic carbocycles. The van der Waals surface area contributed by atoms with Gasteiger partial charge in [-0.05, 0) is 70.3 Å². The van der Waals surface area contributed by atoms with Gasteiger partial charge in [0.1, 0.15) is 16.9 Å². The predicted octanol–water partition coefficient (Wildman–Crippen LogP) is 11.0. The first-order valence-corrected chi connectivity index (χ1v) is 14.8. The topological polar surface area (TPSA) is 42.2 Å². The smallest absolute Gasteiger partial charge is 0.165 e. The number of para-hydroxylation sites is 3. The van der Waals surface area contributed by atoms with Gasteiger partial charge in [-0.25, -0.2) is 9.97 Å². The van der Waals surface area contributed by atoms with E-state index in [0.717, 1.165) is 61.4 Å². The monoisotopic (exact) mass is 561 g/mol. The van der Waals surface area contributed by atoms with Gasteiger partial charge in [0.15, 0.2) is 5.82 Å². The number of anilines is 3. The summed E-state index contributed by atoms with van der Waals surface area (Å²) in [4.78, 5) is 13.0. The lowest BCUT2D eigenvalue weighted by Crippen LogP contribution is -2.18. The average molecular weight is 562 g/mol. The lowest BCUT2D eigenvalue weighted by Gasteiger charge is -2.34. The van der Waals surface area contributed by atoms with Gasteiger partial charge in [-0.3, -0.25) is 4.90 Å². The average Bonchev–Trinajstić information content (AvgIpc) is 3.45. The van der Waals surface area contributed by atoms with E-state index in [0.29, 0.717) is 0 Å². The summed E-state index contributed by atoms with van der Waals surface area (Å²) < 4.78 is 6.32. The predicted molar refractivity (Wildman–Crippen MR) is 181 cm³/mol. The SMILES string of the molecule is c1ccc2cc3c(cc2c1)-c1cccc2cccc(c12)N3c1nc2ccccc2nc1-c1ccc2c(c1)oc1ccccc12. The molecule has 44 heavy (non-hydrogen) atoms. The Kier molecular flexibility index (Phi) is 4.69. The van der Waals surface area contributed by atoms with Crippen molar-refractivity contribution in [1.29, 1.82) is 0 Å². The molecule has 9 aromatic rings. The van der Waals surface area contributed by atoms with Crippen molar-refractivity contribution in [3.63, 3.8) is 0 Å². The molecule has 1 aliphatic rings. The number of benzene rings is 7. The number of nitrogens with zero attached hydrogens (tertiary/aromatic N) is 3. The molecule has 0 N–H and O–H groups in total. The van der Waals surface area contributed by atoms with Gasteiger partial charge in [-0.1, -0.05) is 91.0 Å². The molecule has 204 valence electrons. The van der Waals surface area contributed by atoms with E-state index in [1.54, 1.807) is 0 Å². The molecule has 0 unspecified atom stereocenters. The maximum atomic E-state index is 6.32. The fourth-order valence-corrected chi connectivity index (χ4v) is 6.93. The molecule has 0 amide bonds. The van der Waals surface area contributed by atoms with E-state index in [1.165, 1.54) is 32.7 Å². The maximum Gasteiger partial charge on any atom is 0.165 e. The third-order valence-corrected chi connectivity index (χ3v) is 8.93. The summed E-state index contributed by atoms with van der Waals surface area (Å²) in [5.74, 6) is 0.790. The molecule has 0 atom stereocenters. The summed E-state index contributed by atoms with van der Waals surface area (Å²) in [6, 6.07) is 49.0. The highest BCUT2D eigenvalue weighted by atomic mass is 16.3. The Morgan fingerprint density at radius 2 is 1.18 bits per heavy atom. The molecule has 1 aliphatic heterocycles. The Morgan fingerprint density at radius 3 is 2.07 bits per heavy atom. The second kappa shape index (κ2) is 8.76. The molecule has 0 radical (unpaired) electrons. The van der Waals surface area contributed by atoms with Crippen molar-refractivity contribution in [3.05, 3.63) is 140 Å². The van der Waals surface area contributed by atoms with Crippen molar-refractivity contribution in [2.24, 2.45) is 0 Å². The maximum absolute atomic E-state index is 6.32. The van der Waals surface area contributed by atoms with Crippen LogP contribution in [0.2, 0.25) is 0 Å². The minimum atomic E-state index is 0.790. The van der Waals surface area contributed by atoms with Crippen molar-refractivity contribution < 1.29 is 4.42 Å². The van der Waals surface area contributed by atoms with E-state index in [2.05, 4.69) is 102 Å². The highest BCUT2D eigenvalue weighted by molar-refractivity contribution is 6.16. The van der Waals surface area contributed by atoms with E-state index in [9.17, 15) is 0 Å². The fourth-order valence-electron chi connectivity index (χ4n) is 6.93. The van der Waals surface area contributed by atoms with Crippen LogP contribution in [-0.2, 0) is 0 Å². The minimum Gasteiger partial charge on any atom is -0.456 e. The molecule has 0 saturated heterocycles. The summed E-state index contributed by atoms with van der Waals surface area (Å²) in [5, 5.41) is 7.01. The van der Waals surface area contributed by atoms with Crippen molar-refractivity contribution in [2.75, 3.05) is 4.90 Å². The quantitative estimate of drug-likeness (QED) is 0.211. The first-order chi connectivity index (χ1) is 21.8. The fraction of sp³-hybridized carbons (Fsp3) is 0. The molecular formula is C40H23N3O. The zero-order chi connectivity index (χ0) is 28.8. The van der Waals surface area contributed by atoms with Crippen molar-refractivity contribution in [2.45, 2.75) is 0 Å². The Morgan fingerprint density at radius 1 is 0.477 bits per heavy atom. The van der Waals surface area contributed by atoms with Crippen molar-refractivity contribution in [1.82, 2.24) is 9.97 Å². The van der Waals surface area contributed by atoms with E-state index in [1.807, 2.05) is 42.5 Å².